The molecule has 6 aromatic carbocycles. The van der Waals surface area contributed by atoms with Gasteiger partial charge in [0, 0.05) is 54.0 Å². The van der Waals surface area contributed by atoms with Crippen LogP contribution in [0.25, 0.3) is 32.3 Å². The van der Waals surface area contributed by atoms with E-state index in [9.17, 15) is 73.2 Å². The lowest BCUT2D eigenvalue weighted by Crippen LogP contribution is -2.31. The molecule has 0 aromatic heterocycles. The van der Waals surface area contributed by atoms with Crippen molar-refractivity contribution in [1.29, 1.82) is 5.26 Å². The van der Waals surface area contributed by atoms with Crippen LogP contribution in [0.2, 0.25) is 0 Å². The molecule has 33 heteroatoms. The lowest BCUT2D eigenvalue weighted by Gasteiger charge is -2.22. The molecule has 6 aromatic rings. The summed E-state index contributed by atoms with van der Waals surface area (Å²) < 4.78 is 67.0. The fourth-order valence-electron chi connectivity index (χ4n) is 11.7. The van der Waals surface area contributed by atoms with E-state index < -0.39 is 109 Å². The van der Waals surface area contributed by atoms with E-state index >= 15 is 0 Å². The number of hydrogen-bond donors (Lipinski definition) is 4. The highest BCUT2D eigenvalue weighted by Crippen LogP contribution is 2.37. The van der Waals surface area contributed by atoms with Gasteiger partial charge in [-0.2, -0.15) is 28.8 Å². The van der Waals surface area contributed by atoms with Gasteiger partial charge in [-0.25, -0.2) is 9.59 Å². The summed E-state index contributed by atoms with van der Waals surface area (Å²) in [5.74, 6) is 0.372. The van der Waals surface area contributed by atoms with E-state index in [4.69, 9.17) is 66.8 Å². The Labute approximate surface area is 847 Å². The van der Waals surface area contributed by atoms with E-state index in [1.54, 1.807) is 76.3 Å². The minimum absolute atomic E-state index is 0.0468. The smallest absolute Gasteiger partial charge is 0.367 e. The fraction of sp³-hybridized carbons (Fsp3) is 0.626. The van der Waals surface area contributed by atoms with Crippen molar-refractivity contribution in [2.24, 2.45) is 49.7 Å². The maximum atomic E-state index is 12.1. The maximum absolute atomic E-state index is 12.1. The molecule has 0 radical (unpaired) electrons. The van der Waals surface area contributed by atoms with Crippen LogP contribution in [0, 0.1) is 61.1 Å². The number of esters is 9. The topological polar surface area (TPSA) is 412 Å². The largest absolute Gasteiger partial charge is 0.469 e. The number of benzene rings is 6. The minimum Gasteiger partial charge on any atom is -0.469 e. The molecule has 8 unspecified atom stereocenters. The molecule has 0 heterocycles. The van der Waals surface area contributed by atoms with Crippen LogP contribution in [0.15, 0.2) is 115 Å². The van der Waals surface area contributed by atoms with E-state index in [1.165, 1.54) is 63.0 Å². The summed E-state index contributed by atoms with van der Waals surface area (Å²) in [6, 6.07) is 41.5. The molecule has 0 fully saturated rings. The molecule has 0 saturated carbocycles. The van der Waals surface area contributed by atoms with E-state index in [0.717, 1.165) is 46.6 Å². The molecular weight excluding hydrogens is 1880 g/mol. The zero-order valence-corrected chi connectivity index (χ0v) is 90.5. The Morgan fingerprint density at radius 3 is 1.09 bits per heavy atom. The third-order valence-corrected chi connectivity index (χ3v) is 28.1. The van der Waals surface area contributed by atoms with Crippen molar-refractivity contribution in [3.63, 3.8) is 0 Å². The molecule has 140 heavy (non-hydrogen) atoms. The number of nitriles is 1. The van der Waals surface area contributed by atoms with Crippen molar-refractivity contribution in [2.45, 2.75) is 260 Å². The minimum atomic E-state index is -1.07. The van der Waals surface area contributed by atoms with Crippen LogP contribution in [-0.4, -0.2) is 237 Å². The molecule has 0 aliphatic carbocycles. The van der Waals surface area contributed by atoms with Gasteiger partial charge in [0.25, 0.3) is 0 Å². The third-order valence-electron chi connectivity index (χ3n) is 23.3. The predicted molar refractivity (Wildman–Crippen MR) is 552 cm³/mol. The van der Waals surface area contributed by atoms with Gasteiger partial charge in [0.1, 0.15) is 83.9 Å². The van der Waals surface area contributed by atoms with Gasteiger partial charge in [-0.3, -0.25) is 43.2 Å². The average molecular weight is 2040 g/mol. The van der Waals surface area contributed by atoms with Gasteiger partial charge in [0.05, 0.1) is 77.1 Å². The molecule has 0 bridgehead atoms. The van der Waals surface area contributed by atoms with Gasteiger partial charge in [-0.05, 0) is 233 Å². The van der Waals surface area contributed by atoms with Gasteiger partial charge < -0.3 is 82.0 Å². The van der Waals surface area contributed by atoms with Crippen molar-refractivity contribution in [1.82, 2.24) is 0 Å². The van der Waals surface area contributed by atoms with Crippen molar-refractivity contribution in [3.8, 4) is 6.07 Å². The molecular formula is C107H159NO28S4. The maximum Gasteiger partial charge on any atom is 0.367 e. The quantitative estimate of drug-likeness (QED) is 0.00905. The molecule has 0 aliphatic rings. The molecule has 8 atom stereocenters. The molecule has 0 spiro atoms. The van der Waals surface area contributed by atoms with Gasteiger partial charge >= 0.3 is 64.3 Å². The molecule has 6 rings (SSSR count). The van der Waals surface area contributed by atoms with Crippen LogP contribution in [-0.2, 0) is 111 Å². The number of carbonyl (C=O) groups is 11. The van der Waals surface area contributed by atoms with E-state index in [2.05, 4.69) is 60.7 Å². The number of ether oxygens (including phenoxy) is 13. The molecule has 4 N–H and O–H groups in total. The summed E-state index contributed by atoms with van der Waals surface area (Å²) in [6.45, 7) is 41.8. The predicted octanol–water partition coefficient (Wildman–Crippen LogP) is 20.0. The second-order valence-corrected chi connectivity index (χ2v) is 43.5. The van der Waals surface area contributed by atoms with Crippen molar-refractivity contribution in [2.75, 3.05) is 121 Å². The van der Waals surface area contributed by atoms with Crippen molar-refractivity contribution >= 4 is 144 Å². The molecule has 0 aliphatic heterocycles. The number of carbonyl (C=O) groups excluding carboxylic acids is 11. The number of methoxy groups -OCH3 is 2. The summed E-state index contributed by atoms with van der Waals surface area (Å²) in [7, 11) is 2.99. The number of nitrogens with zero attached hydrogens (tertiary/aromatic N) is 1. The number of thioether (sulfide) groups is 4. The second-order valence-electron chi connectivity index (χ2n) is 39.4. The second kappa shape index (κ2) is 64.7. The standard InChI is InChI=1S/C27H30O4.C22H31NO5S.C21H38O7S.C19H28O5S.C18H32O7S/c1-5-27(2,3)26(28)31-14-13-30-23(29-4)17-18-15-21-11-9-19-7-6-8-20-10-12-22(16-18)25(21)24(19)20;1-5-22(3,4)20(25)27-13-19(24)14-28-21(26)29-15-18(11-16(2)12-23)17-9-7-6-8-10-17;1-8-20(4,5)18(24)28-13-16(22)12-26-17(23)9-10-29-14-21(6,7)19(25)27-11-15(2)3;1-5-19(3,4)17(21)23-11-16(20)12-24-18(22)25-13-14(2)15-9-7-6-8-10-15;1-7-17(2,3)16(22)25-11-13(19)10-24-14(20)8-9-26-12-18(4,5)15(21)23-6/h6-12,15-16,23H,5,13-14,17H2,1-4H3;6-10,16,18-19,24H,5,11,13-15H2,1-4H3;15-16,22H,8-14H2,1-7H3;6-10,14,16,20H,5,11-13H2,1-4H3;13,19H,7-12H2,1-6H3. The number of hydrogen-bond acceptors (Lipinski definition) is 33. The van der Waals surface area contributed by atoms with Crippen molar-refractivity contribution < 1.29 is 135 Å². The van der Waals surface area contributed by atoms with Crippen LogP contribution in [0.5, 0.6) is 0 Å². The SMILES string of the molecule is CCC(C)(C)C(=O)OCC(O)COC(=O)CCSCC(C)(C)C(=O)OC.CCC(C)(C)C(=O)OCC(O)COC(=O)CCSCC(C)(C)C(=O)OCC(C)C.CCC(C)(C)C(=O)OCC(O)COC(=O)SCC(C)c1ccccc1.CCC(C)(C)C(=O)OCC(O)COC(=O)SCC(CC(C)C#N)c1ccccc1.CCC(C)(C)C(=O)OCCOC(Cc1cc2ccc3cccc4ccc(c1)c2c34)OC. The van der Waals surface area contributed by atoms with Gasteiger partial charge in [0.2, 0.25) is 0 Å². The Morgan fingerprint density at radius 2 is 0.714 bits per heavy atom. The Hall–Kier alpha value is -8.82. The van der Waals surface area contributed by atoms with Gasteiger partial charge in [-0.15, -0.1) is 0 Å². The van der Waals surface area contributed by atoms with Crippen LogP contribution in [0.3, 0.4) is 0 Å². The van der Waals surface area contributed by atoms with Crippen LogP contribution < -0.4 is 0 Å². The molecule has 0 saturated heterocycles. The third kappa shape index (κ3) is 49.0. The first-order chi connectivity index (χ1) is 65.6. The normalized spacial score (nSPS) is 13.5. The van der Waals surface area contributed by atoms with Crippen LogP contribution in [0.4, 0.5) is 9.59 Å². The first kappa shape index (κ1) is 127. The van der Waals surface area contributed by atoms with Crippen LogP contribution >= 0.6 is 47.0 Å². The zero-order valence-electron chi connectivity index (χ0n) is 87.2. The Balaban J connectivity index is 0.000000593. The highest BCUT2D eigenvalue weighted by atomic mass is 32.2. The number of aliphatic hydroxyl groups excluding tert-OH is 4. The molecule has 784 valence electrons. The lowest BCUT2D eigenvalue weighted by atomic mass is 9.91. The first-order valence-electron chi connectivity index (χ1n) is 47.9. The highest BCUT2D eigenvalue weighted by Gasteiger charge is 2.35. The highest BCUT2D eigenvalue weighted by molar-refractivity contribution is 8.13. The molecule has 0 amide bonds. The first-order valence-corrected chi connectivity index (χ1v) is 52.1. The Morgan fingerprint density at radius 1 is 0.379 bits per heavy atom. The summed E-state index contributed by atoms with van der Waals surface area (Å²) in [5.41, 5.74) is -0.737. The monoisotopic (exact) mass is 2030 g/mol. The van der Waals surface area contributed by atoms with E-state index in [-0.39, 0.29) is 120 Å². The summed E-state index contributed by atoms with van der Waals surface area (Å²) in [5, 5.41) is 55.0. The molecule has 29 nitrogen and oxygen atoms in total. The van der Waals surface area contributed by atoms with E-state index in [0.29, 0.717) is 86.3 Å². The van der Waals surface area contributed by atoms with Gasteiger partial charge in [0.15, 0.2) is 6.29 Å². The van der Waals surface area contributed by atoms with Crippen molar-refractivity contribution in [3.05, 3.63) is 132 Å². The van der Waals surface area contributed by atoms with Crippen LogP contribution in [0.1, 0.15) is 239 Å². The zero-order chi connectivity index (χ0) is 106. The summed E-state index contributed by atoms with van der Waals surface area (Å²) >= 11 is 5.01. The average Bonchev–Trinajstić information content (AvgIpc) is 0.742. The summed E-state index contributed by atoms with van der Waals surface area (Å²) in [4.78, 5) is 130. The Kier molecular flexibility index (Phi) is 58.8. The Bertz CT molecular complexity index is 4700. The number of rotatable bonds is 55. The number of aliphatic hydroxyl groups is 4. The van der Waals surface area contributed by atoms with Gasteiger partial charge in [-0.1, -0.05) is 171 Å². The summed E-state index contributed by atoms with van der Waals surface area (Å²) in [6.07, 6.45) is 0.263. The fourth-order valence-corrected chi connectivity index (χ4v) is 15.4. The lowest BCUT2D eigenvalue weighted by molar-refractivity contribution is -0.163. The van der Waals surface area contributed by atoms with E-state index in [1.807, 2.05) is 151 Å².